The molecule has 18 heavy (non-hydrogen) atoms. The number of fused-ring (bicyclic) bond motifs is 1. The zero-order valence-corrected chi connectivity index (χ0v) is 11.4. The lowest BCUT2D eigenvalue weighted by Crippen LogP contribution is -1.99. The van der Waals surface area contributed by atoms with Crippen LogP contribution in [0, 0.1) is 13.8 Å². The molecule has 0 bridgehead atoms. The summed E-state index contributed by atoms with van der Waals surface area (Å²) in [5.74, 6) is 0. The number of benzene rings is 1. The van der Waals surface area contributed by atoms with Crippen molar-refractivity contribution in [2.45, 2.75) is 33.6 Å². The molecule has 2 heterocycles. The van der Waals surface area contributed by atoms with Crippen LogP contribution in [0.25, 0.3) is 0 Å². The van der Waals surface area contributed by atoms with Crippen LogP contribution in [0.15, 0.2) is 18.2 Å². The molecule has 1 aliphatic rings. The second kappa shape index (κ2) is 4.71. The summed E-state index contributed by atoms with van der Waals surface area (Å²) in [6.45, 7) is 6.45. The standard InChI is InChI=1S/C14H16N2OS/c1-9-10(2)18-14(16-9)6-15-13-4-3-11-7-17-8-12(11)5-13/h3-5,15H,6-8H2,1-2H3. The zero-order valence-electron chi connectivity index (χ0n) is 10.6. The summed E-state index contributed by atoms with van der Waals surface area (Å²) < 4.78 is 5.41. The molecule has 0 amide bonds. The highest BCUT2D eigenvalue weighted by atomic mass is 32.1. The third-order valence-electron chi connectivity index (χ3n) is 3.24. The van der Waals surface area contributed by atoms with Gasteiger partial charge in [0.1, 0.15) is 5.01 Å². The molecule has 0 unspecified atom stereocenters. The third kappa shape index (κ3) is 2.26. The Morgan fingerprint density at radius 2 is 2.11 bits per heavy atom. The Kier molecular flexibility index (Phi) is 3.06. The molecule has 3 nitrogen and oxygen atoms in total. The fourth-order valence-electron chi connectivity index (χ4n) is 2.07. The van der Waals surface area contributed by atoms with Crippen molar-refractivity contribution in [2.24, 2.45) is 0 Å². The topological polar surface area (TPSA) is 34.2 Å². The van der Waals surface area contributed by atoms with E-state index in [0.29, 0.717) is 0 Å². The maximum Gasteiger partial charge on any atom is 0.112 e. The van der Waals surface area contributed by atoms with Crippen molar-refractivity contribution in [3.8, 4) is 0 Å². The van der Waals surface area contributed by atoms with Gasteiger partial charge in [-0.3, -0.25) is 0 Å². The van der Waals surface area contributed by atoms with E-state index in [2.05, 4.69) is 42.3 Å². The molecule has 4 heteroatoms. The number of hydrogen-bond acceptors (Lipinski definition) is 4. The van der Waals surface area contributed by atoms with Gasteiger partial charge < -0.3 is 10.1 Å². The van der Waals surface area contributed by atoms with E-state index in [4.69, 9.17) is 4.74 Å². The normalized spacial score (nSPS) is 13.7. The molecule has 0 saturated heterocycles. The fraction of sp³-hybridized carbons (Fsp3) is 0.357. The number of rotatable bonds is 3. The molecule has 1 aromatic carbocycles. The smallest absolute Gasteiger partial charge is 0.112 e. The predicted octanol–water partition coefficient (Wildman–Crippen LogP) is 3.40. The summed E-state index contributed by atoms with van der Waals surface area (Å²) >= 11 is 1.76. The number of nitrogens with one attached hydrogen (secondary N) is 1. The van der Waals surface area contributed by atoms with Gasteiger partial charge in [0.25, 0.3) is 0 Å². The van der Waals surface area contributed by atoms with Crippen LogP contribution in [0.5, 0.6) is 0 Å². The maximum absolute atomic E-state index is 5.41. The maximum atomic E-state index is 5.41. The van der Waals surface area contributed by atoms with Crippen molar-refractivity contribution < 1.29 is 4.74 Å². The fourth-order valence-corrected chi connectivity index (χ4v) is 2.95. The van der Waals surface area contributed by atoms with Gasteiger partial charge in [-0.1, -0.05) is 6.07 Å². The highest BCUT2D eigenvalue weighted by Crippen LogP contribution is 2.24. The van der Waals surface area contributed by atoms with Crippen molar-refractivity contribution in [1.82, 2.24) is 4.98 Å². The molecule has 0 spiro atoms. The van der Waals surface area contributed by atoms with E-state index >= 15 is 0 Å². The molecule has 0 atom stereocenters. The first-order valence-corrected chi connectivity index (χ1v) is 6.90. The number of anilines is 1. The molecule has 94 valence electrons. The number of aryl methyl sites for hydroxylation is 2. The molecular formula is C14H16N2OS. The van der Waals surface area contributed by atoms with Gasteiger partial charge >= 0.3 is 0 Å². The van der Waals surface area contributed by atoms with Crippen LogP contribution in [0.2, 0.25) is 0 Å². The zero-order chi connectivity index (χ0) is 12.5. The molecular weight excluding hydrogens is 244 g/mol. The first kappa shape index (κ1) is 11.7. The number of ether oxygens (including phenoxy) is 1. The largest absolute Gasteiger partial charge is 0.379 e. The van der Waals surface area contributed by atoms with Gasteiger partial charge in [0.05, 0.1) is 25.5 Å². The Bertz CT molecular complexity index is 558. The van der Waals surface area contributed by atoms with Crippen LogP contribution in [0.1, 0.15) is 26.7 Å². The van der Waals surface area contributed by atoms with Gasteiger partial charge in [0.15, 0.2) is 0 Å². The van der Waals surface area contributed by atoms with Crippen LogP contribution in [-0.2, 0) is 24.5 Å². The average molecular weight is 260 g/mol. The van der Waals surface area contributed by atoms with E-state index in [1.54, 1.807) is 11.3 Å². The molecule has 0 fully saturated rings. The Labute approximate surface area is 111 Å². The van der Waals surface area contributed by atoms with E-state index in [0.717, 1.165) is 36.1 Å². The van der Waals surface area contributed by atoms with Crippen molar-refractivity contribution in [2.75, 3.05) is 5.32 Å². The van der Waals surface area contributed by atoms with Gasteiger partial charge in [-0.25, -0.2) is 4.98 Å². The number of aromatic nitrogens is 1. The van der Waals surface area contributed by atoms with Crippen LogP contribution in [-0.4, -0.2) is 4.98 Å². The summed E-state index contributed by atoms with van der Waals surface area (Å²) in [6.07, 6.45) is 0. The lowest BCUT2D eigenvalue weighted by Gasteiger charge is -2.06. The molecule has 1 N–H and O–H groups in total. The molecule has 1 aromatic heterocycles. The minimum Gasteiger partial charge on any atom is -0.379 e. The van der Waals surface area contributed by atoms with Gasteiger partial charge in [0.2, 0.25) is 0 Å². The van der Waals surface area contributed by atoms with E-state index in [1.807, 2.05) is 0 Å². The summed E-state index contributed by atoms with van der Waals surface area (Å²) in [6, 6.07) is 6.43. The summed E-state index contributed by atoms with van der Waals surface area (Å²) in [5.41, 5.74) is 4.89. The lowest BCUT2D eigenvalue weighted by molar-refractivity contribution is 0.134. The SMILES string of the molecule is Cc1nc(CNc2ccc3c(c2)COC3)sc1C. The molecule has 0 saturated carbocycles. The Balaban J connectivity index is 1.70. The monoisotopic (exact) mass is 260 g/mol. The average Bonchev–Trinajstić information content (AvgIpc) is 2.94. The van der Waals surface area contributed by atoms with Gasteiger partial charge in [-0.15, -0.1) is 11.3 Å². The second-order valence-electron chi connectivity index (χ2n) is 4.58. The predicted molar refractivity (Wildman–Crippen MR) is 73.8 cm³/mol. The molecule has 1 aliphatic heterocycles. The summed E-state index contributed by atoms with van der Waals surface area (Å²) in [7, 11) is 0. The van der Waals surface area contributed by atoms with Gasteiger partial charge in [-0.05, 0) is 37.1 Å². The summed E-state index contributed by atoms with van der Waals surface area (Å²) in [4.78, 5) is 5.83. The van der Waals surface area contributed by atoms with Crippen molar-refractivity contribution in [3.05, 3.63) is 44.9 Å². The highest BCUT2D eigenvalue weighted by Gasteiger charge is 2.11. The highest BCUT2D eigenvalue weighted by molar-refractivity contribution is 7.11. The van der Waals surface area contributed by atoms with E-state index in [-0.39, 0.29) is 0 Å². The number of thiazole rings is 1. The first-order valence-electron chi connectivity index (χ1n) is 6.09. The van der Waals surface area contributed by atoms with Crippen LogP contribution in [0.3, 0.4) is 0 Å². The van der Waals surface area contributed by atoms with Crippen molar-refractivity contribution >= 4 is 17.0 Å². The minimum absolute atomic E-state index is 0.736. The van der Waals surface area contributed by atoms with Crippen LogP contribution < -0.4 is 5.32 Å². The van der Waals surface area contributed by atoms with Gasteiger partial charge in [-0.2, -0.15) is 0 Å². The first-order chi connectivity index (χ1) is 8.72. The van der Waals surface area contributed by atoms with Crippen molar-refractivity contribution in [3.63, 3.8) is 0 Å². The van der Waals surface area contributed by atoms with E-state index in [9.17, 15) is 0 Å². The molecule has 0 aliphatic carbocycles. The summed E-state index contributed by atoms with van der Waals surface area (Å²) in [5, 5.41) is 4.56. The molecule has 3 rings (SSSR count). The van der Waals surface area contributed by atoms with Crippen LogP contribution >= 0.6 is 11.3 Å². The van der Waals surface area contributed by atoms with Crippen molar-refractivity contribution in [1.29, 1.82) is 0 Å². The molecule has 0 radical (unpaired) electrons. The quantitative estimate of drug-likeness (QED) is 0.918. The number of hydrogen-bond donors (Lipinski definition) is 1. The van der Waals surface area contributed by atoms with Gasteiger partial charge in [0, 0.05) is 10.6 Å². The van der Waals surface area contributed by atoms with E-state index < -0.39 is 0 Å². The number of nitrogens with zero attached hydrogens (tertiary/aromatic N) is 1. The second-order valence-corrected chi connectivity index (χ2v) is 5.87. The lowest BCUT2D eigenvalue weighted by atomic mass is 10.1. The van der Waals surface area contributed by atoms with Crippen LogP contribution in [0.4, 0.5) is 5.69 Å². The molecule has 2 aromatic rings. The Hall–Kier alpha value is -1.39. The minimum atomic E-state index is 0.736. The Morgan fingerprint density at radius 3 is 2.89 bits per heavy atom. The Morgan fingerprint density at radius 1 is 1.28 bits per heavy atom. The van der Waals surface area contributed by atoms with E-state index in [1.165, 1.54) is 16.0 Å². The third-order valence-corrected chi connectivity index (χ3v) is 4.31.